The Morgan fingerprint density at radius 3 is 3.15 bits per heavy atom. The summed E-state index contributed by atoms with van der Waals surface area (Å²) in [5.41, 5.74) is 0. The molecule has 1 N–H and O–H groups in total. The predicted octanol–water partition coefficient (Wildman–Crippen LogP) is 0.707. The first-order chi connectivity index (χ1) is 9.70. The van der Waals surface area contributed by atoms with Crippen LogP contribution in [0.1, 0.15) is 37.4 Å². The minimum atomic E-state index is -0.0529. The molecule has 1 atom stereocenters. The first kappa shape index (κ1) is 14.9. The van der Waals surface area contributed by atoms with Gasteiger partial charge >= 0.3 is 0 Å². The van der Waals surface area contributed by atoms with Gasteiger partial charge in [-0.05, 0) is 26.4 Å². The van der Waals surface area contributed by atoms with Crippen LogP contribution in [0, 0.1) is 0 Å². The summed E-state index contributed by atoms with van der Waals surface area (Å²) in [6.07, 6.45) is 4.36. The molecule has 1 aromatic heterocycles. The Balaban J connectivity index is 1.83. The highest BCUT2D eigenvalue weighted by atomic mass is 16.5. The van der Waals surface area contributed by atoms with Crippen LogP contribution in [-0.2, 0) is 22.7 Å². The molecule has 7 nitrogen and oxygen atoms in total. The van der Waals surface area contributed by atoms with E-state index in [0.29, 0.717) is 11.7 Å². The summed E-state index contributed by atoms with van der Waals surface area (Å²) in [4.78, 5) is 18.4. The molecular weight excluding hydrogens is 260 g/mol. The van der Waals surface area contributed by atoms with Crippen LogP contribution >= 0.6 is 0 Å². The van der Waals surface area contributed by atoms with Gasteiger partial charge in [0.2, 0.25) is 5.91 Å². The van der Waals surface area contributed by atoms with Crippen molar-refractivity contribution >= 4 is 5.91 Å². The number of likely N-dealkylation sites (tertiary alicyclic amines) is 1. The number of carbonyl (C=O) groups is 1. The van der Waals surface area contributed by atoms with Crippen molar-refractivity contribution in [3.63, 3.8) is 0 Å². The Morgan fingerprint density at radius 2 is 2.35 bits per heavy atom. The quantitative estimate of drug-likeness (QED) is 0.856. The summed E-state index contributed by atoms with van der Waals surface area (Å²) in [6.45, 7) is 1.54. The molecule has 1 fully saturated rings. The number of hydrogen-bond acceptors (Lipinski definition) is 6. The number of nitrogens with one attached hydrogen (secondary N) is 1. The number of ether oxygens (including phenoxy) is 1. The molecule has 0 aliphatic carbocycles. The number of amides is 1. The van der Waals surface area contributed by atoms with Crippen LogP contribution in [0.4, 0.5) is 0 Å². The fourth-order valence-corrected chi connectivity index (χ4v) is 2.41. The van der Waals surface area contributed by atoms with E-state index in [1.807, 2.05) is 7.05 Å². The molecule has 112 valence electrons. The third kappa shape index (κ3) is 4.01. The minimum absolute atomic E-state index is 0.0347. The van der Waals surface area contributed by atoms with E-state index < -0.39 is 0 Å². The van der Waals surface area contributed by atoms with Gasteiger partial charge in [-0.15, -0.1) is 0 Å². The average molecular weight is 282 g/mol. The largest absolute Gasteiger partial charge is 0.375 e. The van der Waals surface area contributed by atoms with Crippen molar-refractivity contribution in [3.05, 3.63) is 11.7 Å². The van der Waals surface area contributed by atoms with Crippen LogP contribution in [0.2, 0.25) is 0 Å². The summed E-state index contributed by atoms with van der Waals surface area (Å²) in [5, 5.41) is 6.67. The Labute approximate surface area is 118 Å². The highest BCUT2D eigenvalue weighted by Gasteiger charge is 2.24. The molecule has 1 amide bonds. The second-order valence-electron chi connectivity index (χ2n) is 5.10. The fraction of sp³-hybridized carbons (Fsp3) is 0.769. The topological polar surface area (TPSA) is 80.5 Å². The maximum absolute atomic E-state index is 12.2. The summed E-state index contributed by atoms with van der Waals surface area (Å²) in [5.74, 6) is 0.928. The Hall–Kier alpha value is -1.47. The molecule has 1 aliphatic rings. The molecule has 0 aromatic carbocycles. The molecule has 0 unspecified atom stereocenters. The van der Waals surface area contributed by atoms with Crippen LogP contribution in [0.25, 0.3) is 0 Å². The van der Waals surface area contributed by atoms with Gasteiger partial charge in [-0.25, -0.2) is 0 Å². The second kappa shape index (κ2) is 7.35. The molecule has 0 saturated carbocycles. The number of hydrogen-bond donors (Lipinski definition) is 1. The van der Waals surface area contributed by atoms with Crippen LogP contribution in [0.3, 0.4) is 0 Å². The molecule has 7 heteroatoms. The van der Waals surface area contributed by atoms with Crippen LogP contribution in [0.15, 0.2) is 4.52 Å². The Morgan fingerprint density at radius 1 is 1.50 bits per heavy atom. The lowest BCUT2D eigenvalue weighted by Gasteiger charge is -2.24. The standard InChI is InChI=1S/C13H22N4O3/c1-17-7-5-3-4-6-10(17)13(18)14-8-11-15-12(9-19-2)20-16-11/h10H,3-9H2,1-2H3,(H,14,18)/t10-/m0/s1. The van der Waals surface area contributed by atoms with E-state index in [-0.39, 0.29) is 25.1 Å². The van der Waals surface area contributed by atoms with Gasteiger partial charge in [0.05, 0.1) is 12.6 Å². The molecule has 1 saturated heterocycles. The lowest BCUT2D eigenvalue weighted by Crippen LogP contribution is -2.44. The molecule has 0 spiro atoms. The summed E-state index contributed by atoms with van der Waals surface area (Å²) in [6, 6.07) is -0.0529. The third-order valence-electron chi connectivity index (χ3n) is 3.52. The Bertz CT molecular complexity index is 435. The molecule has 1 aromatic rings. The van der Waals surface area contributed by atoms with E-state index in [1.165, 1.54) is 6.42 Å². The molecule has 1 aliphatic heterocycles. The van der Waals surface area contributed by atoms with E-state index in [0.717, 1.165) is 25.8 Å². The Kier molecular flexibility index (Phi) is 5.49. The van der Waals surface area contributed by atoms with Crippen molar-refractivity contribution in [1.29, 1.82) is 0 Å². The lowest BCUT2D eigenvalue weighted by atomic mass is 10.1. The molecule has 20 heavy (non-hydrogen) atoms. The normalized spacial score (nSPS) is 20.6. The van der Waals surface area contributed by atoms with E-state index in [9.17, 15) is 4.79 Å². The predicted molar refractivity (Wildman–Crippen MR) is 71.7 cm³/mol. The van der Waals surface area contributed by atoms with Gasteiger partial charge in [-0.1, -0.05) is 18.0 Å². The molecule has 2 rings (SSSR count). The van der Waals surface area contributed by atoms with E-state index >= 15 is 0 Å². The van der Waals surface area contributed by atoms with Crippen molar-refractivity contribution in [3.8, 4) is 0 Å². The number of likely N-dealkylation sites (N-methyl/N-ethyl adjacent to an activating group) is 1. The van der Waals surface area contributed by atoms with Gasteiger partial charge in [0.1, 0.15) is 6.61 Å². The highest BCUT2D eigenvalue weighted by molar-refractivity contribution is 5.81. The van der Waals surface area contributed by atoms with Crippen molar-refractivity contribution in [2.24, 2.45) is 0 Å². The van der Waals surface area contributed by atoms with Gasteiger partial charge in [0.25, 0.3) is 5.89 Å². The minimum Gasteiger partial charge on any atom is -0.375 e. The highest BCUT2D eigenvalue weighted by Crippen LogP contribution is 2.15. The van der Waals surface area contributed by atoms with Crippen LogP contribution in [0.5, 0.6) is 0 Å². The van der Waals surface area contributed by atoms with Crippen molar-refractivity contribution in [2.75, 3.05) is 20.7 Å². The molecule has 0 bridgehead atoms. The maximum Gasteiger partial charge on any atom is 0.252 e. The molecular formula is C13H22N4O3. The van der Waals surface area contributed by atoms with Gasteiger partial charge in [0, 0.05) is 7.11 Å². The van der Waals surface area contributed by atoms with Crippen LogP contribution in [-0.4, -0.2) is 47.7 Å². The van der Waals surface area contributed by atoms with Gasteiger partial charge in [-0.2, -0.15) is 4.98 Å². The van der Waals surface area contributed by atoms with Gasteiger partial charge < -0.3 is 14.6 Å². The summed E-state index contributed by atoms with van der Waals surface area (Å²) >= 11 is 0. The number of methoxy groups -OCH3 is 1. The van der Waals surface area contributed by atoms with Crippen molar-refractivity contribution in [1.82, 2.24) is 20.4 Å². The second-order valence-corrected chi connectivity index (χ2v) is 5.10. The zero-order valence-corrected chi connectivity index (χ0v) is 12.1. The number of rotatable bonds is 5. The van der Waals surface area contributed by atoms with E-state index in [2.05, 4.69) is 20.4 Å². The van der Waals surface area contributed by atoms with Gasteiger partial charge in [-0.3, -0.25) is 9.69 Å². The zero-order chi connectivity index (χ0) is 14.4. The zero-order valence-electron chi connectivity index (χ0n) is 12.1. The molecule has 0 radical (unpaired) electrons. The third-order valence-corrected chi connectivity index (χ3v) is 3.52. The molecule has 2 heterocycles. The van der Waals surface area contributed by atoms with Crippen LogP contribution < -0.4 is 5.32 Å². The van der Waals surface area contributed by atoms with Crippen molar-refractivity contribution < 1.29 is 14.1 Å². The number of nitrogens with zero attached hydrogens (tertiary/aromatic N) is 3. The summed E-state index contributed by atoms with van der Waals surface area (Å²) in [7, 11) is 3.56. The smallest absolute Gasteiger partial charge is 0.252 e. The first-order valence-corrected chi connectivity index (χ1v) is 6.99. The SMILES string of the molecule is COCc1nc(CNC(=O)[C@@H]2CCCCCN2C)no1. The van der Waals surface area contributed by atoms with E-state index in [1.54, 1.807) is 7.11 Å². The summed E-state index contributed by atoms with van der Waals surface area (Å²) < 4.78 is 9.88. The first-order valence-electron chi connectivity index (χ1n) is 6.99. The van der Waals surface area contributed by atoms with Gasteiger partial charge in [0.15, 0.2) is 5.82 Å². The maximum atomic E-state index is 12.2. The number of aromatic nitrogens is 2. The average Bonchev–Trinajstić information content (AvgIpc) is 2.77. The fourth-order valence-electron chi connectivity index (χ4n) is 2.41. The monoisotopic (exact) mass is 282 g/mol. The van der Waals surface area contributed by atoms with Crippen molar-refractivity contribution in [2.45, 2.75) is 44.9 Å². The number of carbonyl (C=O) groups excluding carboxylic acids is 1. The van der Waals surface area contributed by atoms with E-state index in [4.69, 9.17) is 9.26 Å². The lowest BCUT2D eigenvalue weighted by molar-refractivity contribution is -0.126.